The van der Waals surface area contributed by atoms with E-state index in [4.69, 9.17) is 0 Å². The van der Waals surface area contributed by atoms with Crippen LogP contribution in [0.3, 0.4) is 0 Å². The van der Waals surface area contributed by atoms with Crippen molar-refractivity contribution in [3.8, 4) is 0 Å². The summed E-state index contributed by atoms with van der Waals surface area (Å²) in [6, 6.07) is 12.8. The Morgan fingerprint density at radius 1 is 1.15 bits per heavy atom. The molecule has 0 spiro atoms. The van der Waals surface area contributed by atoms with Crippen molar-refractivity contribution < 1.29 is 27.5 Å². The van der Waals surface area contributed by atoms with E-state index in [9.17, 15) is 22.8 Å². The zero-order valence-corrected chi connectivity index (χ0v) is 20.3. The van der Waals surface area contributed by atoms with Crippen LogP contribution in [0.4, 0.5) is 0 Å². The molecule has 182 valence electrons. The number of nitrogens with zero attached hydrogens (tertiary/aromatic N) is 2. The third-order valence-electron chi connectivity index (χ3n) is 5.77. The Kier molecular flexibility index (Phi) is 8.06. The van der Waals surface area contributed by atoms with E-state index in [1.165, 1.54) is 43.3 Å². The first-order valence-corrected chi connectivity index (χ1v) is 12.3. The minimum Gasteiger partial charge on any atom is -0.468 e. The van der Waals surface area contributed by atoms with Gasteiger partial charge in [0.05, 0.1) is 12.0 Å². The third-order valence-corrected chi connectivity index (χ3v) is 7.57. The van der Waals surface area contributed by atoms with Crippen molar-refractivity contribution in [3.05, 3.63) is 65.2 Å². The number of carbonyl (C=O) groups is 3. The van der Waals surface area contributed by atoms with Gasteiger partial charge in [0.25, 0.3) is 5.91 Å². The quantitative estimate of drug-likeness (QED) is 0.567. The zero-order valence-electron chi connectivity index (χ0n) is 19.5. The molecule has 0 saturated carbocycles. The number of hydrogen-bond acceptors (Lipinski definition) is 6. The Morgan fingerprint density at radius 3 is 2.53 bits per heavy atom. The molecule has 0 aliphatic carbocycles. The van der Waals surface area contributed by atoms with Gasteiger partial charge in [0.15, 0.2) is 0 Å². The molecule has 1 saturated heterocycles. The summed E-state index contributed by atoms with van der Waals surface area (Å²) < 4.78 is 31.0. The van der Waals surface area contributed by atoms with E-state index in [1.54, 1.807) is 0 Å². The average Bonchev–Trinajstić information content (AvgIpc) is 3.33. The van der Waals surface area contributed by atoms with Crippen molar-refractivity contribution in [1.82, 2.24) is 14.5 Å². The number of sulfonamides is 1. The second kappa shape index (κ2) is 10.8. The fourth-order valence-corrected chi connectivity index (χ4v) is 4.92. The number of methoxy groups -OCH3 is 1. The predicted molar refractivity (Wildman–Crippen MR) is 125 cm³/mol. The second-order valence-corrected chi connectivity index (χ2v) is 10.3. The molecular formula is C24H29N3O6S. The molecule has 1 aliphatic heterocycles. The first-order valence-electron chi connectivity index (χ1n) is 10.9. The molecule has 34 heavy (non-hydrogen) atoms. The van der Waals surface area contributed by atoms with E-state index in [2.05, 4.69) is 10.1 Å². The number of likely N-dealkylation sites (N-methyl/N-ethyl adjacent to an activating group) is 1. The Morgan fingerprint density at radius 2 is 1.85 bits per heavy atom. The first-order chi connectivity index (χ1) is 16.1. The van der Waals surface area contributed by atoms with Crippen molar-refractivity contribution in [3.63, 3.8) is 0 Å². The summed E-state index contributed by atoms with van der Waals surface area (Å²) in [6.45, 7) is 2.30. The van der Waals surface area contributed by atoms with Gasteiger partial charge in [-0.15, -0.1) is 0 Å². The number of aryl methyl sites for hydroxylation is 1. The lowest BCUT2D eigenvalue weighted by Gasteiger charge is -2.24. The van der Waals surface area contributed by atoms with Gasteiger partial charge in [-0.05, 0) is 43.5 Å². The van der Waals surface area contributed by atoms with Crippen LogP contribution in [0.25, 0.3) is 0 Å². The van der Waals surface area contributed by atoms with Crippen LogP contribution in [-0.2, 0) is 30.9 Å². The van der Waals surface area contributed by atoms with Crippen LogP contribution in [0.5, 0.6) is 0 Å². The van der Waals surface area contributed by atoms with Crippen LogP contribution in [0.1, 0.15) is 34.3 Å². The molecule has 3 rings (SSSR count). The Balaban J connectivity index is 1.72. The van der Waals surface area contributed by atoms with Crippen LogP contribution in [-0.4, -0.2) is 68.7 Å². The highest BCUT2D eigenvalue weighted by Gasteiger charge is 2.35. The van der Waals surface area contributed by atoms with E-state index >= 15 is 0 Å². The van der Waals surface area contributed by atoms with Gasteiger partial charge in [0, 0.05) is 25.7 Å². The van der Waals surface area contributed by atoms with Gasteiger partial charge in [-0.3, -0.25) is 14.4 Å². The van der Waals surface area contributed by atoms with Crippen molar-refractivity contribution in [2.24, 2.45) is 0 Å². The van der Waals surface area contributed by atoms with E-state index in [0.717, 1.165) is 15.4 Å². The fourth-order valence-electron chi connectivity index (χ4n) is 3.76. The maximum atomic E-state index is 13.2. The summed E-state index contributed by atoms with van der Waals surface area (Å²) >= 11 is 0. The predicted octanol–water partition coefficient (Wildman–Crippen LogP) is 1.71. The molecule has 0 unspecified atom stereocenters. The van der Waals surface area contributed by atoms with Gasteiger partial charge < -0.3 is 15.0 Å². The smallest absolute Gasteiger partial charge is 0.321 e. The minimum atomic E-state index is -4.01. The SMILES string of the molecule is COC(=O)CN(C)S(=O)(=O)c1cccc(C(=O)N2CCC[C@@H]2C(=O)NCc2ccc(C)cc2)c1. The number of nitrogens with one attached hydrogen (secondary N) is 1. The Bertz CT molecular complexity index is 1160. The van der Waals surface area contributed by atoms with Crippen molar-refractivity contribution >= 4 is 27.8 Å². The molecule has 0 aromatic heterocycles. The van der Waals surface area contributed by atoms with Gasteiger partial charge >= 0.3 is 5.97 Å². The van der Waals surface area contributed by atoms with E-state index < -0.39 is 34.5 Å². The summed E-state index contributed by atoms with van der Waals surface area (Å²) in [4.78, 5) is 38.9. The summed E-state index contributed by atoms with van der Waals surface area (Å²) in [5.41, 5.74) is 2.25. The molecular weight excluding hydrogens is 458 g/mol. The van der Waals surface area contributed by atoms with Crippen LogP contribution in [0.15, 0.2) is 53.4 Å². The van der Waals surface area contributed by atoms with Crippen molar-refractivity contribution in [2.45, 2.75) is 37.2 Å². The maximum Gasteiger partial charge on any atom is 0.321 e. The van der Waals surface area contributed by atoms with E-state index in [1.807, 2.05) is 31.2 Å². The van der Waals surface area contributed by atoms with Gasteiger partial charge in [-0.1, -0.05) is 35.9 Å². The first kappa shape index (κ1) is 25.4. The van der Waals surface area contributed by atoms with Crippen LogP contribution < -0.4 is 5.32 Å². The highest BCUT2D eigenvalue weighted by Crippen LogP contribution is 2.23. The third kappa shape index (κ3) is 5.81. The fraction of sp³-hybridized carbons (Fsp3) is 0.375. The number of benzene rings is 2. The van der Waals surface area contributed by atoms with Crippen LogP contribution in [0, 0.1) is 6.92 Å². The Hall–Kier alpha value is -3.24. The molecule has 9 nitrogen and oxygen atoms in total. The van der Waals surface area contributed by atoms with E-state index in [-0.39, 0.29) is 16.4 Å². The molecule has 2 aromatic rings. The highest BCUT2D eigenvalue weighted by molar-refractivity contribution is 7.89. The number of esters is 1. The topological polar surface area (TPSA) is 113 Å². The average molecular weight is 488 g/mol. The number of amides is 2. The number of hydrogen-bond donors (Lipinski definition) is 1. The highest BCUT2D eigenvalue weighted by atomic mass is 32.2. The molecule has 0 bridgehead atoms. The van der Waals surface area contributed by atoms with Crippen molar-refractivity contribution in [2.75, 3.05) is 27.2 Å². The summed E-state index contributed by atoms with van der Waals surface area (Å²) in [5.74, 6) is -1.36. The van der Waals surface area contributed by atoms with Gasteiger partial charge in [-0.25, -0.2) is 8.42 Å². The second-order valence-electron chi connectivity index (χ2n) is 8.23. The molecule has 2 aromatic carbocycles. The Labute approximate surface area is 199 Å². The maximum absolute atomic E-state index is 13.2. The molecule has 1 aliphatic rings. The van der Waals surface area contributed by atoms with E-state index in [0.29, 0.717) is 25.9 Å². The van der Waals surface area contributed by atoms with Crippen LogP contribution >= 0.6 is 0 Å². The van der Waals surface area contributed by atoms with Crippen molar-refractivity contribution in [1.29, 1.82) is 0 Å². The van der Waals surface area contributed by atoms with Gasteiger partial charge in [0.1, 0.15) is 12.6 Å². The summed E-state index contributed by atoms with van der Waals surface area (Å²) in [7, 11) is -1.58. The molecule has 0 radical (unpaired) electrons. The number of likely N-dealkylation sites (tertiary alicyclic amines) is 1. The molecule has 10 heteroatoms. The molecule has 1 heterocycles. The minimum absolute atomic E-state index is 0.121. The number of carbonyl (C=O) groups excluding carboxylic acids is 3. The lowest BCUT2D eigenvalue weighted by Crippen LogP contribution is -2.45. The zero-order chi connectivity index (χ0) is 24.9. The largest absolute Gasteiger partial charge is 0.468 e. The molecule has 2 amide bonds. The lowest BCUT2D eigenvalue weighted by molar-refractivity contribution is -0.140. The standard InChI is InChI=1S/C24H29N3O6S/c1-17-9-11-18(12-10-17)15-25-23(29)21-8-5-13-27(21)24(30)19-6-4-7-20(14-19)34(31,32)26(2)16-22(28)33-3/h4,6-7,9-12,14,21H,5,8,13,15-16H2,1-3H3,(H,25,29)/t21-/m1/s1. The number of rotatable bonds is 8. The summed E-state index contributed by atoms with van der Waals surface area (Å²) in [6.07, 6.45) is 1.21. The van der Waals surface area contributed by atoms with Crippen LogP contribution in [0.2, 0.25) is 0 Å². The monoisotopic (exact) mass is 487 g/mol. The number of ether oxygens (including phenoxy) is 1. The molecule has 1 atom stereocenters. The lowest BCUT2D eigenvalue weighted by atomic mass is 10.1. The summed E-state index contributed by atoms with van der Waals surface area (Å²) in [5, 5.41) is 2.89. The molecule has 1 N–H and O–H groups in total. The molecule has 1 fully saturated rings. The van der Waals surface area contributed by atoms with Gasteiger partial charge in [0.2, 0.25) is 15.9 Å². The van der Waals surface area contributed by atoms with Gasteiger partial charge in [-0.2, -0.15) is 4.31 Å². The normalized spacial score (nSPS) is 15.9.